The lowest BCUT2D eigenvalue weighted by molar-refractivity contribution is 1.28. The van der Waals surface area contributed by atoms with Gasteiger partial charge >= 0.3 is 0 Å². The maximum absolute atomic E-state index is 8.60. The number of thioether (sulfide) groups is 1. The van der Waals surface area contributed by atoms with E-state index in [1.807, 2.05) is 61.0 Å². The fourth-order valence-electron chi connectivity index (χ4n) is 1.62. The van der Waals surface area contributed by atoms with Gasteiger partial charge in [0.05, 0.1) is 5.69 Å². The summed E-state index contributed by atoms with van der Waals surface area (Å²) >= 11 is 1.40. The molecule has 0 saturated carbocycles. The Balaban J connectivity index is 2.09. The Morgan fingerprint density at radius 3 is 2.33 bits per heavy atom. The minimum atomic E-state index is 0.581. The van der Waals surface area contributed by atoms with E-state index in [9.17, 15) is 0 Å². The molecule has 0 radical (unpaired) electrons. The maximum Gasteiger partial charge on any atom is 0.183 e. The molecular formula is C16H14N4S. The van der Waals surface area contributed by atoms with Gasteiger partial charge in [-0.15, -0.1) is 0 Å². The Labute approximate surface area is 128 Å². The molecule has 5 heteroatoms. The summed E-state index contributed by atoms with van der Waals surface area (Å²) in [6, 6.07) is 11.7. The van der Waals surface area contributed by atoms with E-state index >= 15 is 0 Å². The van der Waals surface area contributed by atoms with Crippen molar-refractivity contribution in [1.82, 2.24) is 10.3 Å². The van der Waals surface area contributed by atoms with E-state index in [0.29, 0.717) is 5.17 Å². The minimum Gasteiger partial charge on any atom is -0.271 e. The van der Waals surface area contributed by atoms with E-state index < -0.39 is 0 Å². The van der Waals surface area contributed by atoms with E-state index in [4.69, 9.17) is 5.26 Å². The summed E-state index contributed by atoms with van der Waals surface area (Å²) in [6.45, 7) is 0. The average molecular weight is 294 g/mol. The van der Waals surface area contributed by atoms with Crippen molar-refractivity contribution in [2.45, 2.75) is 0 Å². The van der Waals surface area contributed by atoms with Crippen molar-refractivity contribution in [3.63, 3.8) is 0 Å². The molecule has 0 aliphatic rings. The van der Waals surface area contributed by atoms with Gasteiger partial charge in [0, 0.05) is 12.4 Å². The summed E-state index contributed by atoms with van der Waals surface area (Å²) in [4.78, 5) is 8.32. The van der Waals surface area contributed by atoms with Crippen LogP contribution in [-0.2, 0) is 0 Å². The second kappa shape index (κ2) is 7.88. The quantitative estimate of drug-likeness (QED) is 0.406. The van der Waals surface area contributed by atoms with Crippen molar-refractivity contribution >= 4 is 34.8 Å². The van der Waals surface area contributed by atoms with Crippen LogP contribution in [0, 0.1) is 11.5 Å². The number of hydrogen-bond donors (Lipinski definition) is 1. The van der Waals surface area contributed by atoms with Crippen LogP contribution in [0.4, 0.5) is 5.69 Å². The van der Waals surface area contributed by atoms with Gasteiger partial charge in [0.1, 0.15) is 0 Å². The fourth-order valence-corrected chi connectivity index (χ4v) is 1.96. The second-order valence-corrected chi connectivity index (χ2v) is 4.86. The molecule has 1 aromatic carbocycles. The standard InChI is InChI=1S/C16H14N4S/c1-21-16(19-12-17)20-15-6-4-13(5-7-15)2-3-14-8-10-18-11-9-14/h2-11H,1H3,(H,19,20). The van der Waals surface area contributed by atoms with Crippen LogP contribution in [0.15, 0.2) is 53.8 Å². The number of nitrogens with one attached hydrogen (secondary N) is 1. The van der Waals surface area contributed by atoms with Crippen LogP contribution in [0.5, 0.6) is 0 Å². The van der Waals surface area contributed by atoms with E-state index in [1.54, 1.807) is 12.4 Å². The molecular weight excluding hydrogens is 280 g/mol. The molecule has 1 aromatic heterocycles. The third kappa shape index (κ3) is 4.79. The SMILES string of the molecule is CSC(=Nc1ccc(C=Cc2ccncc2)cc1)NC#N. The van der Waals surface area contributed by atoms with Crippen molar-refractivity contribution in [1.29, 1.82) is 5.26 Å². The summed E-state index contributed by atoms with van der Waals surface area (Å²) in [5.41, 5.74) is 3.00. The molecule has 0 atom stereocenters. The summed E-state index contributed by atoms with van der Waals surface area (Å²) in [5.74, 6) is 0. The van der Waals surface area contributed by atoms with Crippen molar-refractivity contribution in [3.8, 4) is 6.19 Å². The van der Waals surface area contributed by atoms with E-state index in [2.05, 4.69) is 15.3 Å². The highest BCUT2D eigenvalue weighted by molar-refractivity contribution is 8.13. The van der Waals surface area contributed by atoms with Gasteiger partial charge in [0.2, 0.25) is 0 Å². The normalized spacial score (nSPS) is 11.3. The number of hydrogen-bond acceptors (Lipinski definition) is 4. The zero-order valence-corrected chi connectivity index (χ0v) is 12.3. The molecule has 0 amide bonds. The number of amidine groups is 1. The first kappa shape index (κ1) is 14.8. The highest BCUT2D eigenvalue weighted by atomic mass is 32.2. The third-order valence-electron chi connectivity index (χ3n) is 2.65. The maximum atomic E-state index is 8.60. The van der Waals surface area contributed by atoms with Crippen LogP contribution in [0.1, 0.15) is 11.1 Å². The van der Waals surface area contributed by atoms with Crippen molar-refractivity contribution in [2.75, 3.05) is 6.26 Å². The van der Waals surface area contributed by atoms with Gasteiger partial charge in [0.25, 0.3) is 0 Å². The number of nitrogens with zero attached hydrogens (tertiary/aromatic N) is 3. The Bertz CT molecular complexity index is 670. The molecule has 2 rings (SSSR count). The molecule has 1 heterocycles. The van der Waals surface area contributed by atoms with Gasteiger partial charge in [-0.05, 0) is 41.6 Å². The van der Waals surface area contributed by atoms with Crippen LogP contribution in [0.25, 0.3) is 12.2 Å². The lowest BCUT2D eigenvalue weighted by atomic mass is 10.1. The fraction of sp³-hybridized carbons (Fsp3) is 0.0625. The first-order valence-electron chi connectivity index (χ1n) is 6.28. The number of pyridine rings is 1. The molecule has 0 saturated heterocycles. The van der Waals surface area contributed by atoms with Gasteiger partial charge < -0.3 is 0 Å². The Hall–Kier alpha value is -2.58. The number of benzene rings is 1. The molecule has 0 aliphatic carbocycles. The van der Waals surface area contributed by atoms with E-state index in [-0.39, 0.29) is 0 Å². The first-order valence-corrected chi connectivity index (χ1v) is 7.50. The molecule has 2 aromatic rings. The van der Waals surface area contributed by atoms with Crippen molar-refractivity contribution < 1.29 is 0 Å². The molecule has 0 fully saturated rings. The molecule has 0 bridgehead atoms. The van der Waals surface area contributed by atoms with Gasteiger partial charge in [0.15, 0.2) is 11.4 Å². The zero-order valence-electron chi connectivity index (χ0n) is 11.5. The minimum absolute atomic E-state index is 0.581. The van der Waals surface area contributed by atoms with Crippen LogP contribution in [-0.4, -0.2) is 16.4 Å². The van der Waals surface area contributed by atoms with Crippen LogP contribution >= 0.6 is 11.8 Å². The van der Waals surface area contributed by atoms with Gasteiger partial charge in [-0.3, -0.25) is 10.3 Å². The Morgan fingerprint density at radius 2 is 1.76 bits per heavy atom. The predicted octanol–water partition coefficient (Wildman–Crippen LogP) is 3.67. The van der Waals surface area contributed by atoms with E-state index in [0.717, 1.165) is 16.8 Å². The van der Waals surface area contributed by atoms with Gasteiger partial charge in [-0.1, -0.05) is 36.0 Å². The lowest BCUT2D eigenvalue weighted by Gasteiger charge is -2.00. The number of aromatic nitrogens is 1. The Morgan fingerprint density at radius 1 is 1.14 bits per heavy atom. The summed E-state index contributed by atoms with van der Waals surface area (Å²) < 4.78 is 0. The topological polar surface area (TPSA) is 61.1 Å². The van der Waals surface area contributed by atoms with Gasteiger partial charge in [-0.25, -0.2) is 4.99 Å². The van der Waals surface area contributed by atoms with Crippen molar-refractivity contribution in [2.24, 2.45) is 4.99 Å². The molecule has 4 nitrogen and oxygen atoms in total. The van der Waals surface area contributed by atoms with Crippen LogP contribution in [0.3, 0.4) is 0 Å². The molecule has 1 N–H and O–H groups in total. The molecule has 0 spiro atoms. The zero-order chi connectivity index (χ0) is 14.9. The summed E-state index contributed by atoms with van der Waals surface area (Å²) in [5, 5.41) is 11.7. The number of aliphatic imine (C=N–C) groups is 1. The molecule has 21 heavy (non-hydrogen) atoms. The highest BCUT2D eigenvalue weighted by Gasteiger charge is 1.96. The Kier molecular flexibility index (Phi) is 5.56. The predicted molar refractivity (Wildman–Crippen MR) is 89.0 cm³/mol. The van der Waals surface area contributed by atoms with Crippen LogP contribution < -0.4 is 5.32 Å². The summed E-state index contributed by atoms with van der Waals surface area (Å²) in [6.07, 6.45) is 11.3. The van der Waals surface area contributed by atoms with Gasteiger partial charge in [-0.2, -0.15) is 5.26 Å². The molecule has 0 unspecified atom stereocenters. The first-order chi connectivity index (χ1) is 10.3. The van der Waals surface area contributed by atoms with Crippen LogP contribution in [0.2, 0.25) is 0 Å². The highest BCUT2D eigenvalue weighted by Crippen LogP contribution is 2.16. The third-order valence-corrected chi connectivity index (χ3v) is 3.23. The number of rotatable bonds is 3. The summed E-state index contributed by atoms with van der Waals surface area (Å²) in [7, 11) is 0. The molecule has 0 aliphatic heterocycles. The molecule has 104 valence electrons. The smallest absolute Gasteiger partial charge is 0.183 e. The van der Waals surface area contributed by atoms with E-state index in [1.165, 1.54) is 11.8 Å². The van der Waals surface area contributed by atoms with Crippen molar-refractivity contribution in [3.05, 3.63) is 59.9 Å². The largest absolute Gasteiger partial charge is 0.271 e. The monoisotopic (exact) mass is 294 g/mol. The second-order valence-electron chi connectivity index (χ2n) is 4.06. The average Bonchev–Trinajstić information content (AvgIpc) is 2.54. The lowest BCUT2D eigenvalue weighted by Crippen LogP contribution is -2.12. The number of nitriles is 1.